The summed E-state index contributed by atoms with van der Waals surface area (Å²) in [5.74, 6) is 0. The summed E-state index contributed by atoms with van der Waals surface area (Å²) in [6, 6.07) is 6.84. The monoisotopic (exact) mass is 248 g/mol. The zero-order chi connectivity index (χ0) is 12.0. The number of benzene rings is 1. The van der Waals surface area contributed by atoms with Gasteiger partial charge >= 0.3 is 0 Å². The Kier molecular flexibility index (Phi) is 2.64. The molecule has 0 amide bonds. The molecule has 3 heteroatoms. The second-order valence-electron chi connectivity index (χ2n) is 4.87. The van der Waals surface area contributed by atoms with Crippen molar-refractivity contribution in [1.82, 2.24) is 9.88 Å². The molecule has 3 rings (SSSR count). The van der Waals surface area contributed by atoms with Gasteiger partial charge in [0.05, 0.1) is 0 Å². The maximum absolute atomic E-state index is 6.08. The highest BCUT2D eigenvalue weighted by Gasteiger charge is 2.23. The van der Waals surface area contributed by atoms with E-state index in [2.05, 4.69) is 36.1 Å². The third-order valence-electron chi connectivity index (χ3n) is 3.99. The summed E-state index contributed by atoms with van der Waals surface area (Å²) in [7, 11) is 4.20. The summed E-state index contributed by atoms with van der Waals surface area (Å²) < 4.78 is 2.31. The standard InChI is InChI=1S/C14H17ClN2/c1-16-10-4-6-12-11-5-3-9(15)7-13(11)17(2)14(12)8-10/h3,5,7,10,16H,4,6,8H2,1-2H3. The van der Waals surface area contributed by atoms with E-state index in [4.69, 9.17) is 11.6 Å². The van der Waals surface area contributed by atoms with E-state index in [0.29, 0.717) is 6.04 Å². The predicted octanol–water partition coefficient (Wildman–Crippen LogP) is 2.91. The van der Waals surface area contributed by atoms with Gasteiger partial charge in [0.15, 0.2) is 0 Å². The minimum absolute atomic E-state index is 0.612. The van der Waals surface area contributed by atoms with Crippen LogP contribution >= 0.6 is 11.6 Å². The molecule has 1 heterocycles. The molecular formula is C14H17ClN2. The summed E-state index contributed by atoms with van der Waals surface area (Å²) in [6.45, 7) is 0. The molecule has 0 spiro atoms. The first kappa shape index (κ1) is 11.1. The number of likely N-dealkylation sites (N-methyl/N-ethyl adjacent to an activating group) is 1. The fourth-order valence-electron chi connectivity index (χ4n) is 2.98. The van der Waals surface area contributed by atoms with E-state index in [9.17, 15) is 0 Å². The Morgan fingerprint density at radius 2 is 2.24 bits per heavy atom. The molecule has 17 heavy (non-hydrogen) atoms. The van der Waals surface area contributed by atoms with Crippen molar-refractivity contribution in [2.75, 3.05) is 7.05 Å². The molecular weight excluding hydrogens is 232 g/mol. The minimum atomic E-state index is 0.612. The topological polar surface area (TPSA) is 17.0 Å². The molecule has 2 nitrogen and oxygen atoms in total. The lowest BCUT2D eigenvalue weighted by Gasteiger charge is -2.23. The van der Waals surface area contributed by atoms with Gasteiger partial charge in [-0.1, -0.05) is 17.7 Å². The lowest BCUT2D eigenvalue weighted by atomic mass is 9.92. The Hall–Kier alpha value is -0.990. The minimum Gasteiger partial charge on any atom is -0.347 e. The van der Waals surface area contributed by atoms with Gasteiger partial charge in [0.1, 0.15) is 0 Å². The third-order valence-corrected chi connectivity index (χ3v) is 4.23. The lowest BCUT2D eigenvalue weighted by Crippen LogP contribution is -2.32. The van der Waals surface area contributed by atoms with Crippen LogP contribution in [-0.2, 0) is 19.9 Å². The number of fused-ring (bicyclic) bond motifs is 3. The van der Waals surface area contributed by atoms with Crippen LogP contribution in [0.5, 0.6) is 0 Å². The van der Waals surface area contributed by atoms with Crippen LogP contribution in [-0.4, -0.2) is 17.7 Å². The van der Waals surface area contributed by atoms with Crippen LogP contribution in [0.1, 0.15) is 17.7 Å². The van der Waals surface area contributed by atoms with Crippen molar-refractivity contribution in [3.8, 4) is 0 Å². The maximum Gasteiger partial charge on any atom is 0.0497 e. The quantitative estimate of drug-likeness (QED) is 0.821. The van der Waals surface area contributed by atoms with E-state index in [0.717, 1.165) is 11.4 Å². The second kappa shape index (κ2) is 4.04. The van der Waals surface area contributed by atoms with Crippen LogP contribution in [0.2, 0.25) is 5.02 Å². The molecule has 0 saturated carbocycles. The molecule has 90 valence electrons. The van der Waals surface area contributed by atoms with E-state index in [1.807, 2.05) is 6.07 Å². The maximum atomic E-state index is 6.08. The van der Waals surface area contributed by atoms with E-state index in [1.165, 1.54) is 35.0 Å². The molecule has 1 atom stereocenters. The fraction of sp³-hybridized carbons (Fsp3) is 0.429. The fourth-order valence-corrected chi connectivity index (χ4v) is 3.15. The van der Waals surface area contributed by atoms with E-state index in [1.54, 1.807) is 0 Å². The first-order valence-corrected chi connectivity index (χ1v) is 6.51. The summed E-state index contributed by atoms with van der Waals surface area (Å²) in [5, 5.41) is 5.58. The van der Waals surface area contributed by atoms with Crippen LogP contribution in [0.25, 0.3) is 10.9 Å². The van der Waals surface area contributed by atoms with E-state index < -0.39 is 0 Å². The zero-order valence-corrected chi connectivity index (χ0v) is 11.0. The van der Waals surface area contributed by atoms with Crippen molar-refractivity contribution < 1.29 is 0 Å². The molecule has 1 aliphatic carbocycles. The predicted molar refractivity (Wildman–Crippen MR) is 72.8 cm³/mol. The Morgan fingerprint density at radius 3 is 3.00 bits per heavy atom. The smallest absolute Gasteiger partial charge is 0.0497 e. The first-order chi connectivity index (χ1) is 8.20. The summed E-state index contributed by atoms with van der Waals surface area (Å²) in [5.41, 5.74) is 4.25. The van der Waals surface area contributed by atoms with Crippen LogP contribution < -0.4 is 5.32 Å². The third kappa shape index (κ3) is 1.67. The van der Waals surface area contributed by atoms with Crippen molar-refractivity contribution in [2.24, 2.45) is 7.05 Å². The van der Waals surface area contributed by atoms with Gasteiger partial charge in [-0.3, -0.25) is 0 Å². The van der Waals surface area contributed by atoms with Gasteiger partial charge in [0.2, 0.25) is 0 Å². The SMILES string of the molecule is CNC1CCc2c(n(C)c3cc(Cl)ccc23)C1. The highest BCUT2D eigenvalue weighted by Crippen LogP contribution is 2.32. The van der Waals surface area contributed by atoms with Gasteiger partial charge < -0.3 is 9.88 Å². The molecule has 0 radical (unpaired) electrons. The number of hydrogen-bond donors (Lipinski definition) is 1. The highest BCUT2D eigenvalue weighted by atomic mass is 35.5. The largest absolute Gasteiger partial charge is 0.347 e. The van der Waals surface area contributed by atoms with Crippen LogP contribution in [0.4, 0.5) is 0 Å². The number of aromatic nitrogens is 1. The van der Waals surface area contributed by atoms with Crippen molar-refractivity contribution in [3.63, 3.8) is 0 Å². The summed E-state index contributed by atoms with van der Waals surface area (Å²) >= 11 is 6.08. The second-order valence-corrected chi connectivity index (χ2v) is 5.31. The van der Waals surface area contributed by atoms with Crippen LogP contribution in [0.3, 0.4) is 0 Å². The van der Waals surface area contributed by atoms with Crippen molar-refractivity contribution in [1.29, 1.82) is 0 Å². The lowest BCUT2D eigenvalue weighted by molar-refractivity contribution is 0.485. The molecule has 1 aliphatic rings. The van der Waals surface area contributed by atoms with Gasteiger partial charge in [-0.15, -0.1) is 0 Å². The highest BCUT2D eigenvalue weighted by molar-refractivity contribution is 6.31. The molecule has 1 aromatic carbocycles. The summed E-state index contributed by atoms with van der Waals surface area (Å²) in [4.78, 5) is 0. The molecule has 1 aromatic heterocycles. The number of rotatable bonds is 1. The van der Waals surface area contributed by atoms with E-state index >= 15 is 0 Å². The summed E-state index contributed by atoms with van der Waals surface area (Å²) in [6.07, 6.45) is 3.51. The number of nitrogens with zero attached hydrogens (tertiary/aromatic N) is 1. The molecule has 0 aliphatic heterocycles. The van der Waals surface area contributed by atoms with Gasteiger partial charge in [-0.25, -0.2) is 0 Å². The van der Waals surface area contributed by atoms with Gasteiger partial charge in [0.25, 0.3) is 0 Å². The number of hydrogen-bond acceptors (Lipinski definition) is 1. The van der Waals surface area contributed by atoms with Gasteiger partial charge in [-0.05, 0) is 37.6 Å². The molecule has 1 N–H and O–H groups in total. The molecule has 2 aromatic rings. The van der Waals surface area contributed by atoms with Crippen molar-refractivity contribution in [3.05, 3.63) is 34.5 Å². The normalized spacial score (nSPS) is 19.6. The van der Waals surface area contributed by atoms with E-state index in [-0.39, 0.29) is 0 Å². The number of aryl methyl sites for hydroxylation is 2. The Bertz CT molecular complexity index is 571. The van der Waals surface area contributed by atoms with Crippen LogP contribution in [0, 0.1) is 0 Å². The van der Waals surface area contributed by atoms with Crippen LogP contribution in [0.15, 0.2) is 18.2 Å². The zero-order valence-electron chi connectivity index (χ0n) is 10.3. The van der Waals surface area contributed by atoms with Crippen molar-refractivity contribution >= 4 is 22.5 Å². The average Bonchev–Trinajstić information content (AvgIpc) is 2.62. The van der Waals surface area contributed by atoms with Crippen molar-refractivity contribution in [2.45, 2.75) is 25.3 Å². The Labute approximate surface area is 107 Å². The molecule has 0 bridgehead atoms. The van der Waals surface area contributed by atoms with Gasteiger partial charge in [-0.2, -0.15) is 0 Å². The number of halogens is 1. The molecule has 0 fully saturated rings. The first-order valence-electron chi connectivity index (χ1n) is 6.13. The Balaban J connectivity index is 2.21. The molecule has 0 saturated heterocycles. The van der Waals surface area contributed by atoms with Gasteiger partial charge in [0, 0.05) is 41.1 Å². The molecule has 1 unspecified atom stereocenters. The number of nitrogens with one attached hydrogen (secondary N) is 1. The average molecular weight is 249 g/mol. The Morgan fingerprint density at radius 1 is 1.41 bits per heavy atom.